The van der Waals surface area contributed by atoms with Gasteiger partial charge in [0.2, 0.25) is 5.82 Å². The third-order valence-corrected chi connectivity index (χ3v) is 2.22. The molecule has 0 bridgehead atoms. The molecule has 1 saturated heterocycles. The Kier molecular flexibility index (Phi) is 4.28. The third-order valence-electron chi connectivity index (χ3n) is 2.22. The molecular weight excluding hydrogens is 214 g/mol. The van der Waals surface area contributed by atoms with Crippen molar-refractivity contribution in [3.8, 4) is 6.07 Å². The second-order valence-electron chi connectivity index (χ2n) is 3.11. The summed E-state index contributed by atoms with van der Waals surface area (Å²) >= 11 is 0. The molecule has 1 N–H and O–H groups in total. The van der Waals surface area contributed by atoms with Gasteiger partial charge in [-0.3, -0.25) is 0 Å². The van der Waals surface area contributed by atoms with E-state index >= 15 is 0 Å². The fourth-order valence-corrected chi connectivity index (χ4v) is 1.47. The Morgan fingerprint density at radius 3 is 2.40 bits per heavy atom. The highest BCUT2D eigenvalue weighted by atomic mass is 35.5. The zero-order valence-corrected chi connectivity index (χ0v) is 9.00. The van der Waals surface area contributed by atoms with Crippen LogP contribution in [0.3, 0.4) is 0 Å². The molecule has 15 heavy (non-hydrogen) atoms. The molecule has 1 aliphatic rings. The van der Waals surface area contributed by atoms with Gasteiger partial charge in [0.15, 0.2) is 0 Å². The Hall–Kier alpha value is -1.38. The number of nitrogens with zero attached hydrogens (tertiary/aromatic N) is 4. The van der Waals surface area contributed by atoms with E-state index in [1.807, 2.05) is 6.07 Å². The lowest BCUT2D eigenvalue weighted by molar-refractivity contribution is 0.588. The first kappa shape index (κ1) is 11.7. The lowest BCUT2D eigenvalue weighted by Crippen LogP contribution is -2.43. The molecule has 0 atom stereocenters. The number of halogens is 1. The fourth-order valence-electron chi connectivity index (χ4n) is 1.47. The van der Waals surface area contributed by atoms with Crippen LogP contribution < -0.4 is 10.2 Å². The second-order valence-corrected chi connectivity index (χ2v) is 3.11. The molecule has 1 aromatic rings. The molecule has 80 valence electrons. The number of hydrogen-bond acceptors (Lipinski definition) is 5. The summed E-state index contributed by atoms with van der Waals surface area (Å²) in [7, 11) is 0. The first-order chi connectivity index (χ1) is 6.90. The standard InChI is InChI=1S/C9H11N5.ClH/c10-5-9-12-6-8(7-13-9)14-3-1-11-2-4-14;/h6-7,11H,1-4H2;1H. The lowest BCUT2D eigenvalue weighted by Gasteiger charge is -2.28. The molecule has 0 spiro atoms. The van der Waals surface area contributed by atoms with E-state index in [0.717, 1.165) is 31.9 Å². The molecule has 2 heterocycles. The van der Waals surface area contributed by atoms with Gasteiger partial charge in [-0.05, 0) is 0 Å². The number of piperazine rings is 1. The Bertz CT molecular complexity index is 339. The SMILES string of the molecule is Cl.N#Cc1ncc(N2CCNCC2)cn1. The van der Waals surface area contributed by atoms with E-state index in [1.165, 1.54) is 0 Å². The van der Waals surface area contributed by atoms with Gasteiger partial charge in [0.1, 0.15) is 6.07 Å². The summed E-state index contributed by atoms with van der Waals surface area (Å²) in [6.07, 6.45) is 3.41. The Labute approximate surface area is 94.5 Å². The topological polar surface area (TPSA) is 64.8 Å². The monoisotopic (exact) mass is 225 g/mol. The summed E-state index contributed by atoms with van der Waals surface area (Å²) in [5.41, 5.74) is 0.991. The average Bonchev–Trinajstić information content (AvgIpc) is 2.30. The molecule has 0 saturated carbocycles. The Morgan fingerprint density at radius 2 is 1.87 bits per heavy atom. The lowest BCUT2D eigenvalue weighted by atomic mass is 10.3. The van der Waals surface area contributed by atoms with Gasteiger partial charge < -0.3 is 10.2 Å². The van der Waals surface area contributed by atoms with E-state index in [2.05, 4.69) is 20.2 Å². The highest BCUT2D eigenvalue weighted by molar-refractivity contribution is 5.85. The predicted molar refractivity (Wildman–Crippen MR) is 59.1 cm³/mol. The van der Waals surface area contributed by atoms with Crippen LogP contribution in [0.25, 0.3) is 0 Å². The molecule has 0 unspecified atom stereocenters. The van der Waals surface area contributed by atoms with Crippen molar-refractivity contribution in [3.05, 3.63) is 18.2 Å². The van der Waals surface area contributed by atoms with Gasteiger partial charge in [0.05, 0.1) is 18.1 Å². The van der Waals surface area contributed by atoms with Crippen LogP contribution in [0.1, 0.15) is 5.82 Å². The maximum absolute atomic E-state index is 8.54. The molecule has 6 heteroatoms. The number of rotatable bonds is 1. The number of hydrogen-bond donors (Lipinski definition) is 1. The van der Waals surface area contributed by atoms with Crippen molar-refractivity contribution in [1.29, 1.82) is 5.26 Å². The molecule has 5 nitrogen and oxygen atoms in total. The van der Waals surface area contributed by atoms with Gasteiger partial charge in [0.25, 0.3) is 0 Å². The molecule has 0 radical (unpaired) electrons. The highest BCUT2D eigenvalue weighted by Crippen LogP contribution is 2.10. The average molecular weight is 226 g/mol. The minimum absolute atomic E-state index is 0. The second kappa shape index (κ2) is 5.49. The van der Waals surface area contributed by atoms with E-state index < -0.39 is 0 Å². The van der Waals surface area contributed by atoms with Crippen molar-refractivity contribution >= 4 is 18.1 Å². The zero-order valence-electron chi connectivity index (χ0n) is 8.18. The Morgan fingerprint density at radius 1 is 1.27 bits per heavy atom. The quantitative estimate of drug-likeness (QED) is 0.739. The molecule has 1 aromatic heterocycles. The molecule has 0 aliphatic carbocycles. The summed E-state index contributed by atoms with van der Waals surface area (Å²) < 4.78 is 0. The first-order valence-electron chi connectivity index (χ1n) is 4.58. The van der Waals surface area contributed by atoms with E-state index in [4.69, 9.17) is 5.26 Å². The van der Waals surface area contributed by atoms with Crippen LogP contribution in [-0.4, -0.2) is 36.1 Å². The van der Waals surface area contributed by atoms with Gasteiger partial charge in [0, 0.05) is 26.2 Å². The van der Waals surface area contributed by atoms with Crippen molar-refractivity contribution in [2.45, 2.75) is 0 Å². The number of nitrogens with one attached hydrogen (secondary N) is 1. The molecule has 0 aromatic carbocycles. The van der Waals surface area contributed by atoms with Crippen LogP contribution >= 0.6 is 12.4 Å². The van der Waals surface area contributed by atoms with E-state index in [9.17, 15) is 0 Å². The van der Waals surface area contributed by atoms with Crippen LogP contribution in [0.2, 0.25) is 0 Å². The van der Waals surface area contributed by atoms with Crippen LogP contribution in [-0.2, 0) is 0 Å². The summed E-state index contributed by atoms with van der Waals surface area (Å²) in [4.78, 5) is 10.1. The normalized spacial score (nSPS) is 15.3. The number of nitriles is 1. The highest BCUT2D eigenvalue weighted by Gasteiger charge is 2.10. The predicted octanol–water partition coefficient (Wildman–Crippen LogP) is 0.180. The summed E-state index contributed by atoms with van der Waals surface area (Å²) in [6, 6.07) is 1.90. The van der Waals surface area contributed by atoms with E-state index in [0.29, 0.717) is 0 Å². The van der Waals surface area contributed by atoms with E-state index in [1.54, 1.807) is 12.4 Å². The van der Waals surface area contributed by atoms with Crippen molar-refractivity contribution in [2.24, 2.45) is 0 Å². The van der Waals surface area contributed by atoms with Gasteiger partial charge in [-0.25, -0.2) is 9.97 Å². The van der Waals surface area contributed by atoms with Crippen molar-refractivity contribution in [2.75, 3.05) is 31.1 Å². The molecule has 1 aliphatic heterocycles. The van der Waals surface area contributed by atoms with Gasteiger partial charge in [-0.1, -0.05) is 0 Å². The maximum Gasteiger partial charge on any atom is 0.232 e. The smallest absolute Gasteiger partial charge is 0.232 e. The minimum atomic E-state index is 0. The molecule has 1 fully saturated rings. The van der Waals surface area contributed by atoms with Gasteiger partial charge in [-0.15, -0.1) is 12.4 Å². The zero-order chi connectivity index (χ0) is 9.80. The summed E-state index contributed by atoms with van der Waals surface area (Å²) in [5.74, 6) is 0.226. The maximum atomic E-state index is 8.54. The Balaban J connectivity index is 0.00000112. The molecular formula is C9H12ClN5. The fraction of sp³-hybridized carbons (Fsp3) is 0.444. The van der Waals surface area contributed by atoms with Crippen LogP contribution in [0.5, 0.6) is 0 Å². The van der Waals surface area contributed by atoms with Crippen molar-refractivity contribution < 1.29 is 0 Å². The molecule has 2 rings (SSSR count). The third kappa shape index (κ3) is 2.78. The number of anilines is 1. The first-order valence-corrected chi connectivity index (χ1v) is 4.58. The minimum Gasteiger partial charge on any atom is -0.366 e. The molecule has 0 amide bonds. The van der Waals surface area contributed by atoms with Crippen molar-refractivity contribution in [3.63, 3.8) is 0 Å². The summed E-state index contributed by atoms with van der Waals surface area (Å²) in [5, 5.41) is 11.8. The van der Waals surface area contributed by atoms with Gasteiger partial charge in [-0.2, -0.15) is 5.26 Å². The van der Waals surface area contributed by atoms with Crippen LogP contribution in [0.15, 0.2) is 12.4 Å². The largest absolute Gasteiger partial charge is 0.366 e. The van der Waals surface area contributed by atoms with Gasteiger partial charge >= 0.3 is 0 Å². The van der Waals surface area contributed by atoms with E-state index in [-0.39, 0.29) is 18.2 Å². The number of aromatic nitrogens is 2. The summed E-state index contributed by atoms with van der Waals surface area (Å²) in [6.45, 7) is 3.91. The van der Waals surface area contributed by atoms with Crippen molar-refractivity contribution in [1.82, 2.24) is 15.3 Å². The van der Waals surface area contributed by atoms with Crippen LogP contribution in [0.4, 0.5) is 5.69 Å². The van der Waals surface area contributed by atoms with Crippen LogP contribution in [0, 0.1) is 11.3 Å².